The van der Waals surface area contributed by atoms with Gasteiger partial charge in [-0.2, -0.15) is 0 Å². The maximum atomic E-state index is 12.5. The number of ether oxygens (including phenoxy) is 2. The van der Waals surface area contributed by atoms with E-state index in [9.17, 15) is 4.79 Å². The summed E-state index contributed by atoms with van der Waals surface area (Å²) in [4.78, 5) is 17.3. The number of methoxy groups -OCH3 is 1. The van der Waals surface area contributed by atoms with Crippen molar-refractivity contribution in [2.45, 2.75) is 25.7 Å². The lowest BCUT2D eigenvalue weighted by molar-refractivity contribution is 0.0553. The molecule has 4 heterocycles. The van der Waals surface area contributed by atoms with Gasteiger partial charge in [-0.05, 0) is 49.4 Å². The van der Waals surface area contributed by atoms with Crippen LogP contribution in [-0.4, -0.2) is 50.8 Å². The van der Waals surface area contributed by atoms with Gasteiger partial charge in [0, 0.05) is 41.5 Å². The molecule has 1 saturated heterocycles. The zero-order chi connectivity index (χ0) is 28.0. The van der Waals surface area contributed by atoms with Crippen LogP contribution in [0, 0.1) is 12.8 Å². The number of rotatable bonds is 5. The average Bonchev–Trinajstić information content (AvgIpc) is 3.51. The molecular weight excluding hydrogens is 466 g/mol. The third-order valence-corrected chi connectivity index (χ3v) is 7.29. The summed E-state index contributed by atoms with van der Waals surface area (Å²) in [7, 11) is 3.05. The number of hydrogen-bond donors (Lipinski definition) is 0. The zero-order valence-electron chi connectivity index (χ0n) is 23.7. The molecule has 0 unspecified atom stereocenters. The fourth-order valence-corrected chi connectivity index (χ4v) is 5.58. The summed E-state index contributed by atoms with van der Waals surface area (Å²) in [5, 5.41) is 8.89. The Morgan fingerprint density at radius 3 is 2.70 bits per heavy atom. The summed E-state index contributed by atoms with van der Waals surface area (Å²) < 4.78 is 38.5. The topological polar surface area (TPSA) is 84.1 Å². The summed E-state index contributed by atoms with van der Waals surface area (Å²) in [6.07, 6.45) is 3.29. The van der Waals surface area contributed by atoms with Crippen LogP contribution in [0.25, 0.3) is 33.2 Å². The Balaban J connectivity index is 1.68. The number of carbonyl (C=O) groups is 1. The lowest BCUT2D eigenvalue weighted by Crippen LogP contribution is -2.27. The van der Waals surface area contributed by atoms with Gasteiger partial charge < -0.3 is 14.0 Å². The Labute approximate surface area is 219 Å². The van der Waals surface area contributed by atoms with Crippen LogP contribution in [0.3, 0.4) is 0 Å². The van der Waals surface area contributed by atoms with Gasteiger partial charge in [0.2, 0.25) is 0 Å². The van der Waals surface area contributed by atoms with Crippen LogP contribution < -0.4 is 0 Å². The lowest BCUT2D eigenvalue weighted by Gasteiger charge is -2.33. The molecule has 6 rings (SSSR count). The largest absolute Gasteiger partial charge is 0.465 e. The third-order valence-electron chi connectivity index (χ3n) is 7.29. The van der Waals surface area contributed by atoms with Gasteiger partial charge in [-0.25, -0.2) is 9.48 Å². The van der Waals surface area contributed by atoms with Gasteiger partial charge >= 0.3 is 5.97 Å². The van der Waals surface area contributed by atoms with Crippen molar-refractivity contribution in [3.05, 3.63) is 77.6 Å². The van der Waals surface area contributed by atoms with Crippen molar-refractivity contribution >= 4 is 27.9 Å². The highest BCUT2D eigenvalue weighted by Crippen LogP contribution is 2.41. The van der Waals surface area contributed by atoms with Gasteiger partial charge in [0.05, 0.1) is 46.7 Å². The fourth-order valence-electron chi connectivity index (χ4n) is 5.58. The summed E-state index contributed by atoms with van der Waals surface area (Å²) in [6, 6.07) is 17.9. The minimum absolute atomic E-state index is 0.0489. The first-order chi connectivity index (χ1) is 19.3. The van der Waals surface area contributed by atoms with Gasteiger partial charge in [0.1, 0.15) is 0 Å². The number of aromatic nitrogens is 5. The standard InChI is InChI=1S/C29H29N5O3/c1-18-27(33(2)32-31-18)21-9-10-23-24(15-21)34(25-16-22(29(35)36-3)17-30-26(23)25)28(19-7-5-4-6-8-19)20-11-13-37-14-12-20/h4-10,15-17,20,28H,11-14H2,1-3H3/t28-/m1/s1/i1D3. The van der Waals surface area contributed by atoms with E-state index in [2.05, 4.69) is 27.0 Å². The van der Waals surface area contributed by atoms with E-state index in [1.54, 1.807) is 7.05 Å². The van der Waals surface area contributed by atoms with Crippen LogP contribution in [0.1, 0.15) is 44.6 Å². The number of pyridine rings is 1. The Hall–Kier alpha value is -4.04. The van der Waals surface area contributed by atoms with Crippen molar-refractivity contribution in [2.75, 3.05) is 20.3 Å². The van der Waals surface area contributed by atoms with E-state index in [1.165, 1.54) is 18.0 Å². The number of nitrogens with zero attached hydrogens (tertiary/aromatic N) is 5. The van der Waals surface area contributed by atoms with Crippen LogP contribution in [-0.2, 0) is 16.5 Å². The van der Waals surface area contributed by atoms with E-state index in [4.69, 9.17) is 18.6 Å². The predicted octanol–water partition coefficient (Wildman–Crippen LogP) is 5.10. The summed E-state index contributed by atoms with van der Waals surface area (Å²) in [5.74, 6) is -0.200. The predicted molar refractivity (Wildman–Crippen MR) is 141 cm³/mol. The summed E-state index contributed by atoms with van der Waals surface area (Å²) in [5.41, 5.74) is 4.99. The molecule has 188 valence electrons. The molecule has 1 atom stereocenters. The first-order valence-electron chi connectivity index (χ1n) is 13.8. The van der Waals surface area contributed by atoms with Crippen LogP contribution in [0.5, 0.6) is 0 Å². The van der Waals surface area contributed by atoms with E-state index in [0.717, 1.165) is 40.3 Å². The Morgan fingerprint density at radius 2 is 1.95 bits per heavy atom. The highest BCUT2D eigenvalue weighted by Gasteiger charge is 2.30. The van der Waals surface area contributed by atoms with Crippen molar-refractivity contribution in [2.24, 2.45) is 13.0 Å². The van der Waals surface area contributed by atoms with Gasteiger partial charge in [0.15, 0.2) is 0 Å². The molecule has 0 N–H and O–H groups in total. The molecule has 0 aliphatic carbocycles. The Bertz CT molecular complexity index is 1710. The van der Waals surface area contributed by atoms with Crippen molar-refractivity contribution in [1.29, 1.82) is 0 Å². The maximum Gasteiger partial charge on any atom is 0.339 e. The molecule has 0 amide bonds. The molecule has 1 aliphatic rings. The molecule has 37 heavy (non-hydrogen) atoms. The molecule has 2 aromatic carbocycles. The second-order valence-corrected chi connectivity index (χ2v) is 9.40. The number of carbonyl (C=O) groups excluding carboxylic acids is 1. The van der Waals surface area contributed by atoms with E-state index in [1.807, 2.05) is 42.5 Å². The first-order valence-corrected chi connectivity index (χ1v) is 12.3. The third kappa shape index (κ3) is 3.97. The number of aryl methyl sites for hydroxylation is 2. The van der Waals surface area contributed by atoms with Gasteiger partial charge in [-0.15, -0.1) is 5.10 Å². The van der Waals surface area contributed by atoms with Gasteiger partial charge in [0.25, 0.3) is 0 Å². The Morgan fingerprint density at radius 1 is 1.14 bits per heavy atom. The highest BCUT2D eigenvalue weighted by atomic mass is 16.5. The van der Waals surface area contributed by atoms with E-state index in [-0.39, 0.29) is 17.7 Å². The molecule has 8 nitrogen and oxygen atoms in total. The maximum absolute atomic E-state index is 12.5. The van der Waals surface area contributed by atoms with E-state index < -0.39 is 12.8 Å². The van der Waals surface area contributed by atoms with Gasteiger partial charge in [-0.3, -0.25) is 4.98 Å². The monoisotopic (exact) mass is 498 g/mol. The van der Waals surface area contributed by atoms with Crippen LogP contribution >= 0.6 is 0 Å². The van der Waals surface area contributed by atoms with Gasteiger partial charge in [-0.1, -0.05) is 41.6 Å². The lowest BCUT2D eigenvalue weighted by atomic mass is 9.86. The van der Waals surface area contributed by atoms with Crippen LogP contribution in [0.2, 0.25) is 0 Å². The highest BCUT2D eigenvalue weighted by molar-refractivity contribution is 6.08. The Kier molecular flexibility index (Phi) is 5.12. The van der Waals surface area contributed by atoms with Crippen LogP contribution in [0.15, 0.2) is 60.8 Å². The molecule has 3 aromatic heterocycles. The molecule has 0 bridgehead atoms. The normalized spacial score (nSPS) is 16.9. The minimum Gasteiger partial charge on any atom is -0.465 e. The van der Waals surface area contributed by atoms with Crippen molar-refractivity contribution in [1.82, 2.24) is 24.5 Å². The number of hydrogen-bond acceptors (Lipinski definition) is 6. The molecule has 0 saturated carbocycles. The SMILES string of the molecule is [2H]C([2H])([2H])c1nnn(C)c1-c1ccc2c3ncc(C(=O)OC)cc3n([C@H](c3ccccc3)C3CCOCC3)c2c1. The molecule has 0 spiro atoms. The average molecular weight is 499 g/mol. The molecule has 5 aromatic rings. The molecule has 1 aliphatic heterocycles. The van der Waals surface area contributed by atoms with Crippen LogP contribution in [0.4, 0.5) is 0 Å². The zero-order valence-corrected chi connectivity index (χ0v) is 20.7. The van der Waals surface area contributed by atoms with Crippen molar-refractivity contribution in [3.8, 4) is 11.3 Å². The van der Waals surface area contributed by atoms with E-state index in [0.29, 0.717) is 30.0 Å². The number of benzene rings is 2. The molecule has 1 fully saturated rings. The second-order valence-electron chi connectivity index (χ2n) is 9.40. The second kappa shape index (κ2) is 9.44. The summed E-state index contributed by atoms with van der Waals surface area (Å²) >= 11 is 0. The molecular formula is C29H29N5O3. The quantitative estimate of drug-likeness (QED) is 0.314. The van der Waals surface area contributed by atoms with E-state index >= 15 is 0 Å². The van der Waals surface area contributed by atoms with Crippen molar-refractivity contribution in [3.63, 3.8) is 0 Å². The number of fused-ring (bicyclic) bond motifs is 3. The molecule has 0 radical (unpaired) electrons. The first kappa shape index (κ1) is 20.1. The number of esters is 1. The fraction of sp³-hybridized carbons (Fsp3) is 0.310. The minimum atomic E-state index is -2.42. The summed E-state index contributed by atoms with van der Waals surface area (Å²) in [6.45, 7) is -1.08. The van der Waals surface area contributed by atoms with Crippen molar-refractivity contribution < 1.29 is 18.4 Å². The molecule has 8 heteroatoms. The smallest absolute Gasteiger partial charge is 0.339 e.